The molecule has 0 spiro atoms. The monoisotopic (exact) mass is 258 g/mol. The fourth-order valence-electron chi connectivity index (χ4n) is 1.43. The molecule has 0 bridgehead atoms. The number of rotatable bonds is 4. The highest BCUT2D eigenvalue weighted by molar-refractivity contribution is 5.50. The van der Waals surface area contributed by atoms with Crippen LogP contribution in [0.5, 0.6) is 0 Å². The topological polar surface area (TPSA) is 13.6 Å². The molecule has 102 valence electrons. The van der Waals surface area contributed by atoms with Crippen molar-refractivity contribution in [3.63, 3.8) is 0 Å². The van der Waals surface area contributed by atoms with E-state index in [-0.39, 0.29) is 17.7 Å². The molecule has 1 aromatic rings. The minimum atomic E-state index is -0.209. The van der Waals surface area contributed by atoms with E-state index in [9.17, 15) is 0 Å². The summed E-state index contributed by atoms with van der Waals surface area (Å²) in [6, 6.07) is 13.2. The molecule has 0 aliphatic carbocycles. The lowest BCUT2D eigenvalue weighted by atomic mass is 10.1. The van der Waals surface area contributed by atoms with Gasteiger partial charge in [-0.15, -0.1) is 0 Å². The maximum Gasteiger partial charge on any atom is 0.310 e. The maximum atomic E-state index is 5.78. The van der Waals surface area contributed by atoms with Crippen LogP contribution in [0.3, 0.4) is 0 Å². The first kappa shape index (κ1) is 15.5. The van der Waals surface area contributed by atoms with E-state index in [0.717, 1.165) is 5.56 Å². The van der Waals surface area contributed by atoms with Crippen molar-refractivity contribution in [3.8, 4) is 6.07 Å². The molecular formula is C17H24NO+. The van der Waals surface area contributed by atoms with Crippen LogP contribution in [0.2, 0.25) is 0 Å². The van der Waals surface area contributed by atoms with E-state index in [1.807, 2.05) is 65.0 Å². The second kappa shape index (κ2) is 7.11. The molecule has 1 unspecified atom stereocenters. The molecule has 0 N–H and O–H groups in total. The van der Waals surface area contributed by atoms with E-state index >= 15 is 0 Å². The normalized spacial score (nSPS) is 13.4. The van der Waals surface area contributed by atoms with Crippen LogP contribution in [0, 0.1) is 6.07 Å². The zero-order chi connectivity index (χ0) is 14.3. The van der Waals surface area contributed by atoms with Crippen LogP contribution < -0.4 is 0 Å². The largest absolute Gasteiger partial charge is 0.352 e. The third-order valence-electron chi connectivity index (χ3n) is 2.21. The first-order chi connectivity index (χ1) is 8.87. The second-order valence-electron chi connectivity index (χ2n) is 5.79. The van der Waals surface area contributed by atoms with Crippen molar-refractivity contribution in [2.24, 2.45) is 0 Å². The van der Waals surface area contributed by atoms with Crippen molar-refractivity contribution in [2.75, 3.05) is 0 Å². The zero-order valence-electron chi connectivity index (χ0n) is 12.6. The van der Waals surface area contributed by atoms with Gasteiger partial charge < -0.3 is 4.74 Å². The summed E-state index contributed by atoms with van der Waals surface area (Å²) in [6.07, 6.45) is 3.97. The average molecular weight is 258 g/mol. The molecule has 0 saturated heterocycles. The van der Waals surface area contributed by atoms with Crippen molar-refractivity contribution >= 4 is 6.08 Å². The van der Waals surface area contributed by atoms with Gasteiger partial charge in [0.1, 0.15) is 0 Å². The average Bonchev–Trinajstić information content (AvgIpc) is 2.32. The lowest BCUT2D eigenvalue weighted by Crippen LogP contribution is -2.14. The highest BCUT2D eigenvalue weighted by Gasteiger charge is 2.20. The third-order valence-corrected chi connectivity index (χ3v) is 2.21. The Kier molecular flexibility index (Phi) is 5.79. The first-order valence-corrected chi connectivity index (χ1v) is 6.73. The minimum absolute atomic E-state index is 0.126. The van der Waals surface area contributed by atoms with Crippen LogP contribution >= 0.6 is 0 Å². The number of hydrogen-bond acceptors (Lipinski definition) is 1. The molecule has 1 aromatic carbocycles. The van der Waals surface area contributed by atoms with E-state index < -0.39 is 0 Å². The Morgan fingerprint density at radius 2 is 1.79 bits per heavy atom. The lowest BCUT2D eigenvalue weighted by molar-refractivity contribution is 0.0663. The van der Waals surface area contributed by atoms with Crippen molar-refractivity contribution < 1.29 is 4.74 Å². The quantitative estimate of drug-likeness (QED) is 0.768. The van der Waals surface area contributed by atoms with Crippen LogP contribution in [0.4, 0.5) is 0 Å². The van der Waals surface area contributed by atoms with Crippen molar-refractivity contribution in [2.45, 2.75) is 52.4 Å². The molecule has 0 aliphatic heterocycles. The summed E-state index contributed by atoms with van der Waals surface area (Å²) in [5.41, 5.74) is 1.02. The van der Waals surface area contributed by atoms with Gasteiger partial charge in [-0.05, 0) is 25.5 Å². The van der Waals surface area contributed by atoms with Gasteiger partial charge in [-0.25, -0.2) is 0 Å². The highest BCUT2D eigenvalue weighted by Crippen LogP contribution is 2.09. The molecule has 0 aliphatic rings. The van der Waals surface area contributed by atoms with Gasteiger partial charge in [-0.1, -0.05) is 41.3 Å². The number of hydrogen-bond donors (Lipinski definition) is 0. The second-order valence-corrected chi connectivity index (χ2v) is 5.79. The van der Waals surface area contributed by atoms with E-state index in [4.69, 9.17) is 4.74 Å². The summed E-state index contributed by atoms with van der Waals surface area (Å²) in [6.45, 7) is 10.2. The number of benzene rings is 1. The predicted octanol–water partition coefficient (Wildman–Crippen LogP) is 4.62. The number of ether oxygens (including phenoxy) is 1. The highest BCUT2D eigenvalue weighted by atomic mass is 16.5. The molecule has 0 heterocycles. The summed E-state index contributed by atoms with van der Waals surface area (Å²) >= 11 is 0. The van der Waals surface area contributed by atoms with Gasteiger partial charge in [-0.3, -0.25) is 0 Å². The molecule has 0 aromatic heterocycles. The van der Waals surface area contributed by atoms with Gasteiger partial charge in [0.2, 0.25) is 6.10 Å². The van der Waals surface area contributed by atoms with Gasteiger partial charge in [0.25, 0.3) is 5.54 Å². The van der Waals surface area contributed by atoms with Crippen LogP contribution in [0.1, 0.15) is 40.2 Å². The van der Waals surface area contributed by atoms with E-state index in [1.165, 1.54) is 0 Å². The molecule has 2 nitrogen and oxygen atoms in total. The van der Waals surface area contributed by atoms with Gasteiger partial charge in [0, 0.05) is 20.8 Å². The Bertz CT molecular complexity index is 458. The Hall–Kier alpha value is -1.59. The molecule has 2 heteroatoms. The van der Waals surface area contributed by atoms with Crippen LogP contribution in [-0.2, 0) is 4.74 Å². The van der Waals surface area contributed by atoms with E-state index in [2.05, 4.69) is 23.0 Å². The van der Waals surface area contributed by atoms with E-state index in [1.54, 1.807) is 0 Å². The predicted molar refractivity (Wildman–Crippen MR) is 82.5 cm³/mol. The summed E-state index contributed by atoms with van der Waals surface area (Å²) in [4.78, 5) is 4.40. The molecule has 1 atom stereocenters. The van der Waals surface area contributed by atoms with Gasteiger partial charge >= 0.3 is 6.07 Å². The molecule has 1 rings (SSSR count). The molecule has 0 radical (unpaired) electrons. The summed E-state index contributed by atoms with van der Waals surface area (Å²) in [5.74, 6) is 0. The van der Waals surface area contributed by atoms with Gasteiger partial charge in [-0.2, -0.15) is 0 Å². The molecular weight excluding hydrogens is 234 g/mol. The Morgan fingerprint density at radius 1 is 1.16 bits per heavy atom. The molecule has 0 fully saturated rings. The summed E-state index contributed by atoms with van der Waals surface area (Å²) < 4.78 is 5.78. The van der Waals surface area contributed by atoms with E-state index in [0.29, 0.717) is 0 Å². The zero-order valence-corrected chi connectivity index (χ0v) is 12.6. The minimum Gasteiger partial charge on any atom is -0.352 e. The fraction of sp³-hybridized carbons (Fsp3) is 0.471. The standard InChI is InChI=1S/C17H24NO/c1-14(2)19-16(13-18-17(3,4)5)12-11-15-9-7-6-8-10-15/h6-12,14,16H,1-5H3/q+1/b12-11+. The van der Waals surface area contributed by atoms with Crippen LogP contribution in [0.15, 0.2) is 36.4 Å². The Morgan fingerprint density at radius 3 is 2.32 bits per heavy atom. The number of nitrogens with zero attached hydrogens (tertiary/aromatic N) is 1. The Labute approximate surface area is 116 Å². The van der Waals surface area contributed by atoms with Crippen LogP contribution in [-0.4, -0.2) is 17.7 Å². The smallest absolute Gasteiger partial charge is 0.310 e. The van der Waals surface area contributed by atoms with Crippen molar-refractivity contribution in [1.82, 2.24) is 0 Å². The Balaban J connectivity index is 2.80. The maximum absolute atomic E-state index is 5.78. The molecule has 19 heavy (non-hydrogen) atoms. The fourth-order valence-corrected chi connectivity index (χ4v) is 1.43. The SMILES string of the molecule is CC(C)OC(C#[N+]C(C)(C)C)/C=C/c1ccccc1. The van der Waals surface area contributed by atoms with Gasteiger partial charge in [0.15, 0.2) is 0 Å². The van der Waals surface area contributed by atoms with Crippen LogP contribution in [0.25, 0.3) is 10.9 Å². The van der Waals surface area contributed by atoms with Gasteiger partial charge in [0.05, 0.1) is 6.10 Å². The molecule has 0 amide bonds. The summed E-state index contributed by atoms with van der Waals surface area (Å²) in [5, 5.41) is 0. The van der Waals surface area contributed by atoms with Crippen molar-refractivity contribution in [1.29, 1.82) is 0 Å². The molecule has 0 saturated carbocycles. The summed E-state index contributed by atoms with van der Waals surface area (Å²) in [7, 11) is 0. The van der Waals surface area contributed by atoms with Crippen molar-refractivity contribution in [3.05, 3.63) is 46.8 Å². The third kappa shape index (κ3) is 7.43. The first-order valence-electron chi connectivity index (χ1n) is 6.73. The lowest BCUT2D eigenvalue weighted by Gasteiger charge is -2.08.